The van der Waals surface area contributed by atoms with Gasteiger partial charge in [-0.1, -0.05) is 24.3 Å². The van der Waals surface area contributed by atoms with E-state index in [1.807, 2.05) is 36.4 Å². The number of para-hydroxylation sites is 2. The third-order valence-electron chi connectivity index (χ3n) is 5.36. The number of anilines is 3. The summed E-state index contributed by atoms with van der Waals surface area (Å²) in [6.07, 6.45) is 1.25. The van der Waals surface area contributed by atoms with Gasteiger partial charge in [-0.3, -0.25) is 4.72 Å². The largest absolute Gasteiger partial charge is 1.00 e. The second-order valence-corrected chi connectivity index (χ2v) is 9.43. The van der Waals surface area contributed by atoms with Crippen LogP contribution in [0.15, 0.2) is 72.8 Å². The van der Waals surface area contributed by atoms with Crippen molar-refractivity contribution in [1.29, 1.82) is 0 Å². The van der Waals surface area contributed by atoms with Crippen molar-refractivity contribution in [2.45, 2.75) is 12.8 Å². The van der Waals surface area contributed by atoms with Crippen LogP contribution in [0.1, 0.15) is 12.8 Å². The van der Waals surface area contributed by atoms with Crippen LogP contribution in [0.5, 0.6) is 0 Å². The standard InChI is InChI=1S/C24H26N4O2S.ClH/c1-28-22-10-4-2-8-20(22)24(21-9-3-5-11-23(21)28)26-18-12-14-19(15-13-18)27-31(29,30)17-7-6-16-25;/h2-5,8-15,27H,6-7,16-17,25H2,1H3;1H. The number of nitrogens with zero attached hydrogens (tertiary/aromatic N) is 1. The molecule has 1 aromatic heterocycles. The van der Waals surface area contributed by atoms with E-state index >= 15 is 0 Å². The second-order valence-electron chi connectivity index (χ2n) is 7.59. The average molecular weight is 471 g/mol. The number of aryl methyl sites for hydroxylation is 1. The SMILES string of the molecule is C[n+]1c2ccccc2c(Nc2ccc(NS(=O)(=O)CCCCN)cc2)c2ccccc21.[Cl-]. The third-order valence-corrected chi connectivity index (χ3v) is 6.74. The summed E-state index contributed by atoms with van der Waals surface area (Å²) in [5.74, 6) is 0.0726. The molecule has 0 fully saturated rings. The molecule has 0 aliphatic heterocycles. The van der Waals surface area contributed by atoms with Crippen LogP contribution in [0, 0.1) is 0 Å². The highest BCUT2D eigenvalue weighted by molar-refractivity contribution is 7.92. The molecule has 0 aliphatic carbocycles. The highest BCUT2D eigenvalue weighted by Gasteiger charge is 2.17. The van der Waals surface area contributed by atoms with Crippen LogP contribution < -0.4 is 32.7 Å². The number of hydrogen-bond acceptors (Lipinski definition) is 4. The van der Waals surface area contributed by atoms with Gasteiger partial charge in [0.15, 0.2) is 0 Å². The number of pyridine rings is 1. The molecule has 8 heteroatoms. The van der Waals surface area contributed by atoms with Gasteiger partial charge in [0.1, 0.15) is 7.05 Å². The number of rotatable bonds is 8. The normalized spacial score (nSPS) is 11.3. The Kier molecular flexibility index (Phi) is 7.56. The molecule has 32 heavy (non-hydrogen) atoms. The van der Waals surface area contributed by atoms with Gasteiger partial charge in [-0.05, 0) is 55.8 Å². The van der Waals surface area contributed by atoms with Gasteiger partial charge in [-0.2, -0.15) is 4.57 Å². The second kappa shape index (κ2) is 10.2. The molecule has 0 saturated carbocycles. The first-order valence-electron chi connectivity index (χ1n) is 10.4. The molecular weight excluding hydrogens is 444 g/mol. The van der Waals surface area contributed by atoms with Gasteiger partial charge in [0, 0.05) is 23.5 Å². The van der Waals surface area contributed by atoms with Crippen LogP contribution in [0.4, 0.5) is 17.1 Å². The predicted molar refractivity (Wildman–Crippen MR) is 128 cm³/mol. The molecule has 0 atom stereocenters. The molecule has 0 aliphatic rings. The summed E-state index contributed by atoms with van der Waals surface area (Å²) in [6, 6.07) is 23.9. The average Bonchev–Trinajstić information content (AvgIpc) is 2.78. The molecular formula is C24H27ClN4O2S. The first-order chi connectivity index (χ1) is 15.0. The Morgan fingerprint density at radius 3 is 1.91 bits per heavy atom. The van der Waals surface area contributed by atoms with Crippen LogP contribution in [0.3, 0.4) is 0 Å². The zero-order valence-corrected chi connectivity index (χ0v) is 19.5. The van der Waals surface area contributed by atoms with E-state index in [2.05, 4.69) is 45.9 Å². The molecule has 1 heterocycles. The van der Waals surface area contributed by atoms with Crippen LogP contribution in [-0.2, 0) is 17.1 Å². The van der Waals surface area contributed by atoms with E-state index in [4.69, 9.17) is 5.73 Å². The topological polar surface area (TPSA) is 88.1 Å². The minimum absolute atomic E-state index is 0. The molecule has 0 saturated heterocycles. The highest BCUT2D eigenvalue weighted by Crippen LogP contribution is 2.32. The lowest BCUT2D eigenvalue weighted by molar-refractivity contribution is -0.617. The number of benzene rings is 3. The van der Waals surface area contributed by atoms with E-state index < -0.39 is 10.0 Å². The van der Waals surface area contributed by atoms with Gasteiger partial charge >= 0.3 is 0 Å². The molecule has 0 unspecified atom stereocenters. The van der Waals surface area contributed by atoms with Crippen molar-refractivity contribution in [3.8, 4) is 0 Å². The minimum atomic E-state index is -3.37. The summed E-state index contributed by atoms with van der Waals surface area (Å²) in [5.41, 5.74) is 10.2. The molecule has 168 valence electrons. The molecule has 4 aromatic rings. The quantitative estimate of drug-likeness (QED) is 0.204. The number of nitrogens with one attached hydrogen (secondary N) is 2. The number of aromatic nitrogens is 1. The molecule has 6 nitrogen and oxygen atoms in total. The lowest BCUT2D eigenvalue weighted by Crippen LogP contribution is -3.00. The molecule has 0 radical (unpaired) electrons. The fourth-order valence-electron chi connectivity index (χ4n) is 3.80. The maximum absolute atomic E-state index is 12.2. The predicted octanol–water partition coefficient (Wildman–Crippen LogP) is 1.05. The fourth-order valence-corrected chi connectivity index (χ4v) is 4.98. The number of halogens is 1. The summed E-state index contributed by atoms with van der Waals surface area (Å²) >= 11 is 0. The van der Waals surface area contributed by atoms with E-state index in [0.29, 0.717) is 25.1 Å². The fraction of sp³-hybridized carbons (Fsp3) is 0.208. The molecule has 0 bridgehead atoms. The smallest absolute Gasteiger partial charge is 0.232 e. The molecule has 3 aromatic carbocycles. The Labute approximate surface area is 194 Å². The van der Waals surface area contributed by atoms with Crippen molar-refractivity contribution in [1.82, 2.24) is 0 Å². The first-order valence-corrected chi connectivity index (χ1v) is 12.0. The van der Waals surface area contributed by atoms with Crippen molar-refractivity contribution in [2.24, 2.45) is 12.8 Å². The van der Waals surface area contributed by atoms with E-state index in [0.717, 1.165) is 33.2 Å². The van der Waals surface area contributed by atoms with Gasteiger partial charge in [0.25, 0.3) is 0 Å². The van der Waals surface area contributed by atoms with Gasteiger partial charge in [-0.15, -0.1) is 0 Å². The van der Waals surface area contributed by atoms with Crippen molar-refractivity contribution < 1.29 is 25.4 Å². The van der Waals surface area contributed by atoms with Crippen molar-refractivity contribution >= 4 is 48.9 Å². The number of hydrogen-bond donors (Lipinski definition) is 3. The van der Waals surface area contributed by atoms with Gasteiger partial charge in [0.2, 0.25) is 21.1 Å². The summed E-state index contributed by atoms with van der Waals surface area (Å²) in [6.45, 7) is 0.497. The number of sulfonamides is 1. The summed E-state index contributed by atoms with van der Waals surface area (Å²) in [5, 5.41) is 5.78. The monoisotopic (exact) mass is 470 g/mol. The molecule has 4 N–H and O–H groups in total. The van der Waals surface area contributed by atoms with E-state index in [1.54, 1.807) is 12.1 Å². The Morgan fingerprint density at radius 1 is 0.812 bits per heavy atom. The van der Waals surface area contributed by atoms with Crippen LogP contribution in [0.25, 0.3) is 21.8 Å². The first kappa shape index (κ1) is 23.8. The maximum Gasteiger partial charge on any atom is 0.232 e. The van der Waals surface area contributed by atoms with E-state index in [1.165, 1.54) is 0 Å². The zero-order valence-electron chi connectivity index (χ0n) is 17.9. The number of nitrogens with two attached hydrogens (primary N) is 1. The minimum Gasteiger partial charge on any atom is -1.00 e. The van der Waals surface area contributed by atoms with E-state index in [9.17, 15) is 8.42 Å². The van der Waals surface area contributed by atoms with Gasteiger partial charge in [-0.25, -0.2) is 8.42 Å². The van der Waals surface area contributed by atoms with Crippen molar-refractivity contribution in [3.63, 3.8) is 0 Å². The Morgan fingerprint density at radius 2 is 1.34 bits per heavy atom. The zero-order chi connectivity index (χ0) is 21.8. The van der Waals surface area contributed by atoms with Crippen molar-refractivity contribution in [3.05, 3.63) is 72.8 Å². The van der Waals surface area contributed by atoms with Crippen LogP contribution >= 0.6 is 0 Å². The summed E-state index contributed by atoms with van der Waals surface area (Å²) in [4.78, 5) is 0. The summed E-state index contributed by atoms with van der Waals surface area (Å²) in [7, 11) is -1.30. The van der Waals surface area contributed by atoms with Crippen molar-refractivity contribution in [2.75, 3.05) is 22.3 Å². The van der Waals surface area contributed by atoms with Gasteiger partial charge in [0.05, 0.1) is 22.2 Å². The molecule has 4 rings (SSSR count). The lowest BCUT2D eigenvalue weighted by atomic mass is 10.1. The van der Waals surface area contributed by atoms with E-state index in [-0.39, 0.29) is 18.2 Å². The summed E-state index contributed by atoms with van der Waals surface area (Å²) < 4.78 is 29.2. The maximum atomic E-state index is 12.2. The van der Waals surface area contributed by atoms with Crippen LogP contribution in [-0.4, -0.2) is 20.7 Å². The Hall–Kier alpha value is -2.87. The molecule has 0 amide bonds. The Balaban J connectivity index is 0.00000289. The highest BCUT2D eigenvalue weighted by atomic mass is 35.5. The van der Waals surface area contributed by atoms with Crippen LogP contribution in [0.2, 0.25) is 0 Å². The third kappa shape index (κ3) is 5.12. The molecule has 0 spiro atoms. The number of fused-ring (bicyclic) bond motifs is 2. The Bertz CT molecular complexity index is 1270. The van der Waals surface area contributed by atoms with Gasteiger partial charge < -0.3 is 23.5 Å². The number of unbranched alkanes of at least 4 members (excludes halogenated alkanes) is 1. The lowest BCUT2D eigenvalue weighted by Gasteiger charge is -2.13.